The van der Waals surface area contributed by atoms with E-state index < -0.39 is 0 Å². The Morgan fingerprint density at radius 2 is 2.30 bits per heavy atom. The molecule has 10 heavy (non-hydrogen) atoms. The lowest BCUT2D eigenvalue weighted by atomic mass is 10.4. The van der Waals surface area contributed by atoms with Crippen LogP contribution >= 0.6 is 0 Å². The van der Waals surface area contributed by atoms with Gasteiger partial charge in [-0.1, -0.05) is 31.9 Å². The first-order valence-electron chi connectivity index (χ1n) is 4.10. The smallest absolute Gasteiger partial charge is 0.162 e. The average Bonchev–Trinajstić information content (AvgIpc) is 1.97. The monoisotopic (exact) mass is 158 g/mol. The quantitative estimate of drug-likeness (QED) is 0.326. The van der Waals surface area contributed by atoms with Crippen molar-refractivity contribution in [3.63, 3.8) is 0 Å². The summed E-state index contributed by atoms with van der Waals surface area (Å²) in [5.41, 5.74) is 0. The van der Waals surface area contributed by atoms with E-state index in [0.717, 1.165) is 6.61 Å². The van der Waals surface area contributed by atoms with Crippen molar-refractivity contribution in [1.82, 2.24) is 0 Å². The molecular weight excluding hydrogens is 140 g/mol. The van der Waals surface area contributed by atoms with E-state index >= 15 is 0 Å². The van der Waals surface area contributed by atoms with Crippen molar-refractivity contribution in [2.75, 3.05) is 6.61 Å². The summed E-state index contributed by atoms with van der Waals surface area (Å²) < 4.78 is 5.43. The summed E-state index contributed by atoms with van der Waals surface area (Å²) >= 11 is 0. The van der Waals surface area contributed by atoms with Gasteiger partial charge >= 0.3 is 0 Å². The minimum Gasteiger partial charge on any atom is -0.420 e. The summed E-state index contributed by atoms with van der Waals surface area (Å²) in [6, 6.07) is 1.34. The Kier molecular flexibility index (Phi) is 8.84. The van der Waals surface area contributed by atoms with Crippen molar-refractivity contribution in [3.8, 4) is 0 Å². The molecule has 0 bridgehead atoms. The number of hydrogen-bond acceptors (Lipinski definition) is 1. The molecule has 0 aromatic carbocycles. The molecule has 0 fully saturated rings. The van der Waals surface area contributed by atoms with Gasteiger partial charge in [-0.3, -0.25) is 0 Å². The second-order valence-electron chi connectivity index (χ2n) is 2.35. The molecule has 0 aliphatic rings. The molecule has 0 aromatic rings. The summed E-state index contributed by atoms with van der Waals surface area (Å²) in [5.74, 6) is 0. The molecule has 0 spiro atoms. The predicted molar refractivity (Wildman–Crippen MR) is 49.0 cm³/mol. The lowest BCUT2D eigenvalue weighted by Crippen LogP contribution is -1.97. The van der Waals surface area contributed by atoms with Crippen LogP contribution in [0.3, 0.4) is 0 Å². The zero-order valence-electron chi connectivity index (χ0n) is 7.10. The van der Waals surface area contributed by atoms with Crippen LogP contribution in [0.15, 0.2) is 12.2 Å². The van der Waals surface area contributed by atoms with Gasteiger partial charge in [-0.05, 0) is 13.0 Å². The minimum atomic E-state index is -0.171. The van der Waals surface area contributed by atoms with E-state index in [2.05, 4.69) is 13.0 Å². The van der Waals surface area contributed by atoms with Crippen molar-refractivity contribution in [3.05, 3.63) is 12.2 Å². The van der Waals surface area contributed by atoms with Crippen LogP contribution in [0.4, 0.5) is 0 Å². The molecule has 0 aromatic heterocycles. The first-order valence-corrected chi connectivity index (χ1v) is 5.68. The number of hydrogen-bond donors (Lipinski definition) is 0. The Labute approximate surface area is 66.4 Å². The van der Waals surface area contributed by atoms with Gasteiger partial charge in [0.25, 0.3) is 0 Å². The standard InChI is InChI=1S/C8H18OSi/c1-3-5-7-9-10-8-6-4-2/h3,5H,4,6-8,10H2,1-2H3. The SMILES string of the molecule is CC=CCO[SiH2]CCCC. The first-order chi connectivity index (χ1) is 4.91. The van der Waals surface area contributed by atoms with Gasteiger partial charge < -0.3 is 4.43 Å². The van der Waals surface area contributed by atoms with Crippen LogP contribution in [0.2, 0.25) is 6.04 Å². The van der Waals surface area contributed by atoms with E-state index in [9.17, 15) is 0 Å². The summed E-state index contributed by atoms with van der Waals surface area (Å²) in [5, 5.41) is 0. The van der Waals surface area contributed by atoms with Gasteiger partial charge in [0.2, 0.25) is 0 Å². The van der Waals surface area contributed by atoms with E-state index in [1.54, 1.807) is 0 Å². The lowest BCUT2D eigenvalue weighted by molar-refractivity contribution is 0.383. The van der Waals surface area contributed by atoms with Crippen molar-refractivity contribution in [2.45, 2.75) is 32.7 Å². The average molecular weight is 158 g/mol. The van der Waals surface area contributed by atoms with Crippen LogP contribution < -0.4 is 0 Å². The Morgan fingerprint density at radius 3 is 2.90 bits per heavy atom. The molecular formula is C8H18OSi. The molecule has 2 heteroatoms. The normalized spacial score (nSPS) is 12.2. The van der Waals surface area contributed by atoms with E-state index in [4.69, 9.17) is 4.43 Å². The third-order valence-electron chi connectivity index (χ3n) is 1.34. The summed E-state index contributed by atoms with van der Waals surface area (Å²) in [6.07, 6.45) is 6.76. The summed E-state index contributed by atoms with van der Waals surface area (Å²) in [4.78, 5) is 0. The second-order valence-corrected chi connectivity index (χ2v) is 3.87. The summed E-state index contributed by atoms with van der Waals surface area (Å²) in [7, 11) is -0.171. The van der Waals surface area contributed by atoms with Crippen molar-refractivity contribution >= 4 is 9.76 Å². The number of allylic oxidation sites excluding steroid dienone is 1. The zero-order valence-corrected chi connectivity index (χ0v) is 8.51. The predicted octanol–water partition coefficient (Wildman–Crippen LogP) is 1.88. The fraction of sp³-hybridized carbons (Fsp3) is 0.750. The van der Waals surface area contributed by atoms with E-state index in [-0.39, 0.29) is 9.76 Å². The van der Waals surface area contributed by atoms with Gasteiger partial charge in [0.05, 0.1) is 6.61 Å². The Morgan fingerprint density at radius 1 is 1.50 bits per heavy atom. The Bertz CT molecular complexity index is 81.3. The van der Waals surface area contributed by atoms with Gasteiger partial charge in [-0.25, -0.2) is 0 Å². The van der Waals surface area contributed by atoms with Crippen molar-refractivity contribution < 1.29 is 4.43 Å². The van der Waals surface area contributed by atoms with Crippen LogP contribution in [0, 0.1) is 0 Å². The highest BCUT2D eigenvalue weighted by Crippen LogP contribution is 1.93. The van der Waals surface area contributed by atoms with Gasteiger partial charge in [-0.2, -0.15) is 0 Å². The molecule has 60 valence electrons. The topological polar surface area (TPSA) is 9.23 Å². The molecule has 0 aliphatic carbocycles. The molecule has 0 heterocycles. The molecule has 0 saturated carbocycles. The van der Waals surface area contributed by atoms with E-state index in [0.29, 0.717) is 0 Å². The molecule has 0 N–H and O–H groups in total. The molecule has 0 amide bonds. The third kappa shape index (κ3) is 7.92. The van der Waals surface area contributed by atoms with Crippen LogP contribution in [0.5, 0.6) is 0 Å². The molecule has 0 rings (SSSR count). The fourth-order valence-corrected chi connectivity index (χ4v) is 1.91. The zero-order chi connectivity index (χ0) is 7.66. The van der Waals surface area contributed by atoms with Crippen molar-refractivity contribution in [2.24, 2.45) is 0 Å². The molecule has 1 nitrogen and oxygen atoms in total. The van der Waals surface area contributed by atoms with Crippen LogP contribution in [-0.2, 0) is 4.43 Å². The maximum Gasteiger partial charge on any atom is 0.162 e. The van der Waals surface area contributed by atoms with E-state index in [1.807, 2.05) is 13.0 Å². The lowest BCUT2D eigenvalue weighted by Gasteiger charge is -1.97. The van der Waals surface area contributed by atoms with Gasteiger partial charge in [0.15, 0.2) is 9.76 Å². The fourth-order valence-electron chi connectivity index (χ4n) is 0.702. The largest absolute Gasteiger partial charge is 0.420 e. The van der Waals surface area contributed by atoms with E-state index in [1.165, 1.54) is 18.9 Å². The number of unbranched alkanes of at least 4 members (excludes halogenated alkanes) is 1. The Balaban J connectivity index is 2.77. The summed E-state index contributed by atoms with van der Waals surface area (Å²) in [6.45, 7) is 5.09. The molecule has 0 unspecified atom stereocenters. The second kappa shape index (κ2) is 8.92. The highest BCUT2D eigenvalue weighted by atomic mass is 28.2. The number of rotatable bonds is 6. The maximum atomic E-state index is 5.43. The van der Waals surface area contributed by atoms with Gasteiger partial charge in [-0.15, -0.1) is 0 Å². The molecule has 0 saturated heterocycles. The molecule has 0 atom stereocenters. The van der Waals surface area contributed by atoms with Crippen LogP contribution in [0.1, 0.15) is 26.7 Å². The maximum absolute atomic E-state index is 5.43. The minimum absolute atomic E-state index is 0.171. The van der Waals surface area contributed by atoms with Crippen molar-refractivity contribution in [1.29, 1.82) is 0 Å². The highest BCUT2D eigenvalue weighted by Gasteiger charge is 1.85. The van der Waals surface area contributed by atoms with Crippen LogP contribution in [-0.4, -0.2) is 16.4 Å². The highest BCUT2D eigenvalue weighted by molar-refractivity contribution is 6.27. The molecule has 0 radical (unpaired) electrons. The molecule has 0 aliphatic heterocycles. The van der Waals surface area contributed by atoms with Gasteiger partial charge in [0.1, 0.15) is 0 Å². The third-order valence-corrected chi connectivity index (χ3v) is 2.66. The van der Waals surface area contributed by atoms with Crippen LogP contribution in [0.25, 0.3) is 0 Å². The first kappa shape index (κ1) is 9.92. The van der Waals surface area contributed by atoms with Gasteiger partial charge in [0, 0.05) is 0 Å². The Hall–Kier alpha value is -0.0831.